The molecule has 2 amide bonds. The van der Waals surface area contributed by atoms with Gasteiger partial charge in [-0.2, -0.15) is 0 Å². The second-order valence-corrected chi connectivity index (χ2v) is 14.4. The van der Waals surface area contributed by atoms with Gasteiger partial charge in [-0.1, -0.05) is 147 Å². The molecule has 0 saturated heterocycles. The smallest absolute Gasteiger partial charge is 0.328 e. The average molecular weight is 747 g/mol. The minimum atomic E-state index is -1.38. The van der Waals surface area contributed by atoms with Crippen LogP contribution in [0.3, 0.4) is 0 Å². The highest BCUT2D eigenvalue weighted by molar-refractivity contribution is 5.87. The van der Waals surface area contributed by atoms with Crippen LogP contribution < -0.4 is 10.6 Å². The van der Waals surface area contributed by atoms with E-state index in [1.807, 2.05) is 0 Å². The van der Waals surface area contributed by atoms with Gasteiger partial charge in [-0.3, -0.25) is 14.4 Å². The van der Waals surface area contributed by atoms with Crippen molar-refractivity contribution in [3.63, 3.8) is 0 Å². The summed E-state index contributed by atoms with van der Waals surface area (Å²) in [4.78, 5) is 47.5. The molecular weight excluding hydrogens is 668 g/mol. The fourth-order valence-electron chi connectivity index (χ4n) is 6.14. The summed E-state index contributed by atoms with van der Waals surface area (Å²) in [6.45, 7) is 3.36. The first-order valence-electron chi connectivity index (χ1n) is 21.4. The molecule has 306 valence electrons. The number of carboxylic acid groups (broad SMARTS) is 1. The number of nitrogens with one attached hydrogen (secondary N) is 2. The van der Waals surface area contributed by atoms with Crippen LogP contribution in [-0.4, -0.2) is 59.3 Å². The summed E-state index contributed by atoms with van der Waals surface area (Å²) >= 11 is 0. The molecule has 0 aromatic carbocycles. The van der Waals surface area contributed by atoms with E-state index in [4.69, 9.17) is 14.9 Å². The third-order valence-electron chi connectivity index (χ3n) is 9.40. The number of aliphatic hydroxyl groups is 1. The highest BCUT2D eigenvalue weighted by Crippen LogP contribution is 2.19. The van der Waals surface area contributed by atoms with Gasteiger partial charge in [0.05, 0.1) is 13.2 Å². The summed E-state index contributed by atoms with van der Waals surface area (Å²) in [5.74, 6) is -2.30. The molecule has 9 heteroatoms. The van der Waals surface area contributed by atoms with Gasteiger partial charge in [-0.05, 0) is 70.6 Å². The molecule has 0 spiro atoms. The highest BCUT2D eigenvalue weighted by atomic mass is 16.5. The number of amides is 2. The number of carboxylic acids is 1. The van der Waals surface area contributed by atoms with E-state index in [2.05, 4.69) is 60.9 Å². The molecule has 0 aromatic rings. The SMILES string of the molecule is CC/C=C\C/C=C\C/C=C\CCCCCCCCCC(=O)OC(CCCCCCCCCC)CCCCCCCC(=O)NCC(=O)NC(CO)C(=O)O. The maximum atomic E-state index is 12.7. The van der Waals surface area contributed by atoms with Crippen LogP contribution in [0.25, 0.3) is 0 Å². The molecule has 0 radical (unpaired) electrons. The largest absolute Gasteiger partial charge is 0.480 e. The van der Waals surface area contributed by atoms with E-state index < -0.39 is 24.5 Å². The Balaban J connectivity index is 4.20. The zero-order valence-corrected chi connectivity index (χ0v) is 33.8. The molecule has 9 nitrogen and oxygen atoms in total. The number of aliphatic carboxylic acids is 1. The molecule has 0 aliphatic heterocycles. The molecule has 0 fully saturated rings. The van der Waals surface area contributed by atoms with E-state index in [-0.39, 0.29) is 24.5 Å². The average Bonchev–Trinajstić information content (AvgIpc) is 3.14. The van der Waals surface area contributed by atoms with Gasteiger partial charge < -0.3 is 25.6 Å². The topological polar surface area (TPSA) is 142 Å². The Morgan fingerprint density at radius 1 is 0.585 bits per heavy atom. The lowest BCUT2D eigenvalue weighted by Crippen LogP contribution is -2.47. The molecule has 2 atom stereocenters. The number of esters is 1. The van der Waals surface area contributed by atoms with Gasteiger partial charge >= 0.3 is 11.9 Å². The number of unbranched alkanes of at least 4 members (excludes halogenated alkanes) is 18. The lowest BCUT2D eigenvalue weighted by Gasteiger charge is -2.18. The van der Waals surface area contributed by atoms with Crippen molar-refractivity contribution in [2.75, 3.05) is 13.2 Å². The molecule has 4 N–H and O–H groups in total. The summed E-state index contributed by atoms with van der Waals surface area (Å²) < 4.78 is 6.00. The first-order chi connectivity index (χ1) is 25.8. The molecule has 53 heavy (non-hydrogen) atoms. The van der Waals surface area contributed by atoms with Crippen molar-refractivity contribution in [2.24, 2.45) is 0 Å². The Morgan fingerprint density at radius 2 is 1.08 bits per heavy atom. The van der Waals surface area contributed by atoms with E-state index in [0.717, 1.165) is 83.5 Å². The Labute approximate surface area is 323 Å². The van der Waals surface area contributed by atoms with Crippen molar-refractivity contribution in [2.45, 2.75) is 206 Å². The van der Waals surface area contributed by atoms with Crippen molar-refractivity contribution in [1.82, 2.24) is 10.6 Å². The van der Waals surface area contributed by atoms with Gasteiger partial charge in [0.1, 0.15) is 12.1 Å². The van der Waals surface area contributed by atoms with Crippen LogP contribution >= 0.6 is 0 Å². The molecule has 2 unspecified atom stereocenters. The van der Waals surface area contributed by atoms with Crippen molar-refractivity contribution in [1.29, 1.82) is 0 Å². The Hall–Kier alpha value is -2.94. The maximum absolute atomic E-state index is 12.7. The number of allylic oxidation sites excluding steroid dienone is 6. The maximum Gasteiger partial charge on any atom is 0.328 e. The number of hydrogen-bond acceptors (Lipinski definition) is 6. The number of carbonyl (C=O) groups excluding carboxylic acids is 3. The third kappa shape index (κ3) is 35.8. The van der Waals surface area contributed by atoms with E-state index in [1.165, 1.54) is 77.0 Å². The normalized spacial score (nSPS) is 12.8. The minimum absolute atomic E-state index is 0.0147. The van der Waals surface area contributed by atoms with E-state index in [1.54, 1.807) is 0 Å². The summed E-state index contributed by atoms with van der Waals surface area (Å²) in [7, 11) is 0. The van der Waals surface area contributed by atoms with Crippen molar-refractivity contribution in [3.05, 3.63) is 36.5 Å². The van der Waals surface area contributed by atoms with Gasteiger partial charge in [-0.15, -0.1) is 0 Å². The van der Waals surface area contributed by atoms with Gasteiger partial charge in [0.25, 0.3) is 0 Å². The van der Waals surface area contributed by atoms with E-state index in [0.29, 0.717) is 19.3 Å². The predicted octanol–water partition coefficient (Wildman–Crippen LogP) is 10.2. The second kappa shape index (κ2) is 38.8. The van der Waals surface area contributed by atoms with Crippen LogP contribution in [0, 0.1) is 0 Å². The quantitative estimate of drug-likeness (QED) is 0.0280. The van der Waals surface area contributed by atoms with Crippen molar-refractivity contribution < 1.29 is 34.1 Å². The molecule has 0 saturated carbocycles. The van der Waals surface area contributed by atoms with Gasteiger partial charge in [0.15, 0.2) is 0 Å². The molecular formula is C44H78N2O7. The Morgan fingerprint density at radius 3 is 1.62 bits per heavy atom. The number of ether oxygens (including phenoxy) is 1. The molecule has 0 bridgehead atoms. The van der Waals surface area contributed by atoms with E-state index in [9.17, 15) is 19.2 Å². The number of aliphatic hydroxyl groups excluding tert-OH is 1. The summed E-state index contributed by atoms with van der Waals surface area (Å²) in [6.07, 6.45) is 43.2. The highest BCUT2D eigenvalue weighted by Gasteiger charge is 2.19. The van der Waals surface area contributed by atoms with Crippen LogP contribution in [-0.2, 0) is 23.9 Å². The first-order valence-corrected chi connectivity index (χ1v) is 21.4. The minimum Gasteiger partial charge on any atom is -0.480 e. The lowest BCUT2D eigenvalue weighted by molar-refractivity contribution is -0.150. The molecule has 0 aromatic heterocycles. The molecule has 0 rings (SSSR count). The Kier molecular flexibility index (Phi) is 36.6. The Bertz CT molecular complexity index is 994. The zero-order valence-electron chi connectivity index (χ0n) is 33.8. The van der Waals surface area contributed by atoms with E-state index >= 15 is 0 Å². The summed E-state index contributed by atoms with van der Waals surface area (Å²) in [6, 6.07) is -1.38. The van der Waals surface area contributed by atoms with Gasteiger partial charge in [-0.25, -0.2) is 4.79 Å². The molecule has 0 heterocycles. The first kappa shape index (κ1) is 50.1. The zero-order chi connectivity index (χ0) is 39.0. The monoisotopic (exact) mass is 747 g/mol. The van der Waals surface area contributed by atoms with Crippen LogP contribution in [0.4, 0.5) is 0 Å². The number of carbonyl (C=O) groups is 4. The predicted molar refractivity (Wildman–Crippen MR) is 218 cm³/mol. The number of rotatable bonds is 38. The van der Waals surface area contributed by atoms with Gasteiger partial charge in [0, 0.05) is 12.8 Å². The summed E-state index contributed by atoms with van der Waals surface area (Å²) in [5.41, 5.74) is 0. The fourth-order valence-corrected chi connectivity index (χ4v) is 6.14. The van der Waals surface area contributed by atoms with Gasteiger partial charge in [0.2, 0.25) is 11.8 Å². The van der Waals surface area contributed by atoms with Crippen LogP contribution in [0.15, 0.2) is 36.5 Å². The van der Waals surface area contributed by atoms with Crippen LogP contribution in [0.1, 0.15) is 194 Å². The molecule has 0 aliphatic rings. The fraction of sp³-hybridized carbons (Fsp3) is 0.773. The molecule has 0 aliphatic carbocycles. The standard InChI is InChI=1S/C44H78N2O7/c1-3-5-7-9-11-13-14-15-16-17-18-19-20-21-23-28-32-36-43(50)53-39(33-29-25-22-12-10-8-6-4-2)34-30-26-24-27-31-35-41(48)45-37-42(49)46-40(38-47)44(51)52/h5,7,11,13,15-16,39-40,47H,3-4,6,8-10,12,14,17-38H2,1-2H3,(H,45,48)(H,46,49)(H,51,52)/b7-5-,13-11-,16-15-. The van der Waals surface area contributed by atoms with Crippen LogP contribution in [0.2, 0.25) is 0 Å². The lowest BCUT2D eigenvalue weighted by atomic mass is 10.0. The summed E-state index contributed by atoms with van der Waals surface area (Å²) in [5, 5.41) is 22.5. The van der Waals surface area contributed by atoms with Crippen LogP contribution in [0.5, 0.6) is 0 Å². The van der Waals surface area contributed by atoms with Crippen molar-refractivity contribution in [3.8, 4) is 0 Å². The number of hydrogen-bond donors (Lipinski definition) is 4. The van der Waals surface area contributed by atoms with Crippen molar-refractivity contribution >= 4 is 23.8 Å². The second-order valence-electron chi connectivity index (χ2n) is 14.4. The third-order valence-corrected chi connectivity index (χ3v) is 9.40.